The van der Waals surface area contributed by atoms with Crippen molar-refractivity contribution in [3.8, 4) is 0 Å². The third kappa shape index (κ3) is 2.02. The van der Waals surface area contributed by atoms with E-state index in [2.05, 4.69) is 30.5 Å². The van der Waals surface area contributed by atoms with E-state index in [1.54, 1.807) is 5.01 Å². The van der Waals surface area contributed by atoms with Crippen molar-refractivity contribution in [2.24, 2.45) is 0 Å². The molecule has 0 spiro atoms. The van der Waals surface area contributed by atoms with Crippen molar-refractivity contribution in [2.75, 3.05) is 6.54 Å². The first kappa shape index (κ1) is 10.2. The minimum atomic E-state index is 0.150. The molecule has 1 aromatic rings. The van der Waals surface area contributed by atoms with Gasteiger partial charge in [0.2, 0.25) is 5.91 Å². The molecule has 1 aromatic carbocycles. The van der Waals surface area contributed by atoms with Crippen LogP contribution in [0.15, 0.2) is 24.3 Å². The number of carbonyl (C=O) groups excluding carboxylic acids is 1. The number of hydrazine groups is 1. The number of aryl methyl sites for hydroxylation is 1. The second kappa shape index (κ2) is 4.03. The topological polar surface area (TPSA) is 32.3 Å². The molecule has 1 atom stereocenters. The normalized spacial score (nSPS) is 21.1. The summed E-state index contributed by atoms with van der Waals surface area (Å²) in [6.45, 7) is 4.77. The Balaban J connectivity index is 2.17. The number of amides is 1. The fraction of sp³-hybridized carbons (Fsp3) is 0.417. The van der Waals surface area contributed by atoms with Crippen molar-refractivity contribution < 1.29 is 4.79 Å². The number of benzene rings is 1. The maximum Gasteiger partial charge on any atom is 0.238 e. The highest BCUT2D eigenvalue weighted by Crippen LogP contribution is 2.23. The van der Waals surface area contributed by atoms with Gasteiger partial charge < -0.3 is 0 Å². The van der Waals surface area contributed by atoms with E-state index in [0.29, 0.717) is 6.42 Å². The Morgan fingerprint density at radius 2 is 2.33 bits per heavy atom. The van der Waals surface area contributed by atoms with Gasteiger partial charge in [-0.25, -0.2) is 5.43 Å². The molecule has 1 aliphatic rings. The standard InChI is InChI=1S/C12H16N2O/c1-3-14-12(15)8-11(13-14)10-6-4-5-9(2)7-10/h4-7,11,13H,3,8H2,1-2H3. The van der Waals surface area contributed by atoms with Crippen molar-refractivity contribution in [1.82, 2.24) is 10.4 Å². The van der Waals surface area contributed by atoms with Crippen LogP contribution in [0.3, 0.4) is 0 Å². The predicted molar refractivity (Wildman–Crippen MR) is 59.1 cm³/mol. The molecule has 1 unspecified atom stereocenters. The van der Waals surface area contributed by atoms with Gasteiger partial charge in [0, 0.05) is 13.0 Å². The van der Waals surface area contributed by atoms with Gasteiger partial charge in [0.1, 0.15) is 0 Å². The lowest BCUT2D eigenvalue weighted by Crippen LogP contribution is -2.34. The highest BCUT2D eigenvalue weighted by molar-refractivity contribution is 5.78. The molecule has 80 valence electrons. The molecule has 1 aliphatic heterocycles. The molecular weight excluding hydrogens is 188 g/mol. The number of rotatable bonds is 2. The minimum absolute atomic E-state index is 0.150. The third-order valence-corrected chi connectivity index (χ3v) is 2.75. The van der Waals surface area contributed by atoms with Crippen LogP contribution in [0.4, 0.5) is 0 Å². The summed E-state index contributed by atoms with van der Waals surface area (Å²) in [6, 6.07) is 8.45. The minimum Gasteiger partial charge on any atom is -0.278 e. The molecule has 3 nitrogen and oxygen atoms in total. The fourth-order valence-corrected chi connectivity index (χ4v) is 1.94. The molecular formula is C12H16N2O. The second-order valence-electron chi connectivity index (χ2n) is 3.94. The number of carbonyl (C=O) groups is 1. The maximum absolute atomic E-state index is 11.5. The van der Waals surface area contributed by atoms with Gasteiger partial charge in [-0.1, -0.05) is 29.8 Å². The van der Waals surface area contributed by atoms with E-state index in [-0.39, 0.29) is 11.9 Å². The predicted octanol–water partition coefficient (Wildman–Crippen LogP) is 1.79. The summed E-state index contributed by atoms with van der Waals surface area (Å²) >= 11 is 0. The summed E-state index contributed by atoms with van der Waals surface area (Å²) in [5.41, 5.74) is 5.64. The summed E-state index contributed by atoms with van der Waals surface area (Å²) in [5.74, 6) is 0.184. The number of nitrogens with one attached hydrogen (secondary N) is 1. The van der Waals surface area contributed by atoms with Gasteiger partial charge >= 0.3 is 0 Å². The lowest BCUT2D eigenvalue weighted by Gasteiger charge is -2.16. The molecule has 0 aromatic heterocycles. The van der Waals surface area contributed by atoms with Gasteiger partial charge in [0.05, 0.1) is 6.04 Å². The van der Waals surface area contributed by atoms with Gasteiger partial charge in [-0.2, -0.15) is 0 Å². The quantitative estimate of drug-likeness (QED) is 0.796. The Kier molecular flexibility index (Phi) is 2.73. The zero-order valence-corrected chi connectivity index (χ0v) is 9.16. The molecule has 3 heteroatoms. The largest absolute Gasteiger partial charge is 0.278 e. The molecule has 0 radical (unpaired) electrons. The van der Waals surface area contributed by atoms with E-state index < -0.39 is 0 Å². The van der Waals surface area contributed by atoms with Crippen LogP contribution in [0, 0.1) is 6.92 Å². The van der Waals surface area contributed by atoms with Gasteiger partial charge in [0.15, 0.2) is 0 Å². The van der Waals surface area contributed by atoms with Crippen molar-refractivity contribution in [1.29, 1.82) is 0 Å². The Bertz CT molecular complexity index is 376. The van der Waals surface area contributed by atoms with Crippen LogP contribution in [-0.2, 0) is 4.79 Å². The maximum atomic E-state index is 11.5. The zero-order valence-electron chi connectivity index (χ0n) is 9.16. The first-order valence-electron chi connectivity index (χ1n) is 5.34. The smallest absolute Gasteiger partial charge is 0.238 e. The molecule has 0 bridgehead atoms. The zero-order chi connectivity index (χ0) is 10.8. The summed E-state index contributed by atoms with van der Waals surface area (Å²) < 4.78 is 0. The third-order valence-electron chi connectivity index (χ3n) is 2.75. The van der Waals surface area contributed by atoms with Gasteiger partial charge in [0.25, 0.3) is 0 Å². The second-order valence-corrected chi connectivity index (χ2v) is 3.94. The van der Waals surface area contributed by atoms with Crippen molar-refractivity contribution >= 4 is 5.91 Å². The molecule has 2 rings (SSSR count). The van der Waals surface area contributed by atoms with Gasteiger partial charge in [-0.05, 0) is 19.4 Å². The average Bonchev–Trinajstić information content (AvgIpc) is 2.60. The fourth-order valence-electron chi connectivity index (χ4n) is 1.94. The number of hydrogen-bond acceptors (Lipinski definition) is 2. The average molecular weight is 204 g/mol. The molecule has 1 N–H and O–H groups in total. The molecule has 1 heterocycles. The molecule has 1 saturated heterocycles. The Labute approximate surface area is 90.1 Å². The number of nitrogens with zero attached hydrogens (tertiary/aromatic N) is 1. The lowest BCUT2D eigenvalue weighted by molar-refractivity contribution is -0.129. The lowest BCUT2D eigenvalue weighted by atomic mass is 10.0. The van der Waals surface area contributed by atoms with Crippen LogP contribution >= 0.6 is 0 Å². The monoisotopic (exact) mass is 204 g/mol. The Hall–Kier alpha value is -1.35. The van der Waals surface area contributed by atoms with E-state index >= 15 is 0 Å². The van der Waals surface area contributed by atoms with E-state index in [1.807, 2.05) is 13.0 Å². The molecule has 0 saturated carbocycles. The van der Waals surface area contributed by atoms with Crippen LogP contribution in [0.5, 0.6) is 0 Å². The SMILES string of the molecule is CCN1NC(c2cccc(C)c2)CC1=O. The van der Waals surface area contributed by atoms with Crippen LogP contribution in [0.25, 0.3) is 0 Å². The highest BCUT2D eigenvalue weighted by atomic mass is 16.2. The summed E-state index contributed by atoms with van der Waals surface area (Å²) in [4.78, 5) is 11.5. The number of hydrogen-bond donors (Lipinski definition) is 1. The van der Waals surface area contributed by atoms with Crippen LogP contribution in [0.1, 0.15) is 30.5 Å². The summed E-state index contributed by atoms with van der Waals surface area (Å²) in [5, 5.41) is 1.69. The van der Waals surface area contributed by atoms with E-state index in [9.17, 15) is 4.79 Å². The van der Waals surface area contributed by atoms with E-state index in [0.717, 1.165) is 6.54 Å². The first-order valence-corrected chi connectivity index (χ1v) is 5.34. The molecule has 15 heavy (non-hydrogen) atoms. The van der Waals surface area contributed by atoms with Crippen molar-refractivity contribution in [3.63, 3.8) is 0 Å². The van der Waals surface area contributed by atoms with Crippen LogP contribution in [-0.4, -0.2) is 17.5 Å². The Morgan fingerprint density at radius 1 is 1.53 bits per heavy atom. The first-order chi connectivity index (χ1) is 7.20. The molecule has 0 aliphatic carbocycles. The van der Waals surface area contributed by atoms with E-state index in [1.165, 1.54) is 11.1 Å². The van der Waals surface area contributed by atoms with Gasteiger partial charge in [-0.15, -0.1) is 0 Å². The highest BCUT2D eigenvalue weighted by Gasteiger charge is 2.28. The van der Waals surface area contributed by atoms with Crippen LogP contribution in [0.2, 0.25) is 0 Å². The Morgan fingerprint density at radius 3 is 2.93 bits per heavy atom. The van der Waals surface area contributed by atoms with Gasteiger partial charge in [-0.3, -0.25) is 9.80 Å². The molecule has 1 fully saturated rings. The van der Waals surface area contributed by atoms with E-state index in [4.69, 9.17) is 0 Å². The summed E-state index contributed by atoms with van der Waals surface area (Å²) in [7, 11) is 0. The van der Waals surface area contributed by atoms with Crippen molar-refractivity contribution in [2.45, 2.75) is 26.3 Å². The van der Waals surface area contributed by atoms with Crippen molar-refractivity contribution in [3.05, 3.63) is 35.4 Å². The molecule has 1 amide bonds. The summed E-state index contributed by atoms with van der Waals surface area (Å²) in [6.07, 6.45) is 0.567. The van der Waals surface area contributed by atoms with Crippen LogP contribution < -0.4 is 5.43 Å².